The second kappa shape index (κ2) is 31.4. The zero-order valence-corrected chi connectivity index (χ0v) is 16.8. The Morgan fingerprint density at radius 1 is 0.278 bits per heavy atom. The Bertz CT molecular complexity index is 65.1. The average molecular weight is 465 g/mol. The third kappa shape index (κ3) is 1380. The monoisotopic (exact) mass is 460 g/mol. The van der Waals surface area contributed by atoms with Gasteiger partial charge in [-0.3, -0.25) is 0 Å². The van der Waals surface area contributed by atoms with Crippen LogP contribution < -0.4 is 55.9 Å². The van der Waals surface area contributed by atoms with Crippen molar-refractivity contribution in [3.8, 4) is 0 Å². The second-order valence-corrected chi connectivity index (χ2v) is 2.27. The van der Waals surface area contributed by atoms with Gasteiger partial charge in [0.25, 0.3) is 0 Å². The first-order valence-corrected chi connectivity index (χ1v) is 5.55. The van der Waals surface area contributed by atoms with Crippen LogP contribution in [0.5, 0.6) is 0 Å². The minimum Gasteiger partial charge on any atom is -0.357 e. The minimum atomic E-state index is -2.85. The fourth-order valence-electron chi connectivity index (χ4n) is 0. The molecule has 18 heavy (non-hydrogen) atoms. The average Bonchev–Trinajstić information content (AvgIpc) is 1.76. The van der Waals surface area contributed by atoms with Gasteiger partial charge in [0.05, 0.1) is 43.1 Å². The van der Waals surface area contributed by atoms with Crippen LogP contribution in [0.1, 0.15) is 0 Å². The Hall–Kier alpha value is 1.93. The molecule has 0 aliphatic rings. The van der Waals surface area contributed by atoms with Crippen LogP contribution in [0.4, 0.5) is 0 Å². The maximum atomic E-state index is 8.41. The van der Waals surface area contributed by atoms with E-state index in [0.717, 1.165) is 0 Å². The van der Waals surface area contributed by atoms with E-state index in [2.05, 4.69) is 0 Å². The normalized spacial score (nSPS) is 8.00. The molecule has 0 saturated carbocycles. The summed E-state index contributed by atoms with van der Waals surface area (Å²) in [6.07, 6.45) is 0. The van der Waals surface area contributed by atoms with E-state index in [0.29, 0.717) is 0 Å². The van der Waals surface area contributed by atoms with Crippen molar-refractivity contribution in [2.24, 2.45) is 0 Å². The predicted molar refractivity (Wildman–Crippen MR) is 0 cm³/mol. The van der Waals surface area contributed by atoms with E-state index in [9.17, 15) is 0 Å². The van der Waals surface area contributed by atoms with Gasteiger partial charge in [-0.05, 0) is 0 Å². The van der Waals surface area contributed by atoms with Crippen molar-refractivity contribution < 1.29 is 138 Å². The maximum Gasteiger partial charge on any atom is 2.00 e. The van der Waals surface area contributed by atoms with Crippen LogP contribution in [0, 0.1) is 43.1 Å². The van der Waals surface area contributed by atoms with E-state index < -0.39 is 43.1 Å². The molecule has 0 rings (SSSR count). The molecule has 0 aliphatic heterocycles. The molecule has 0 aromatic rings. The van der Waals surface area contributed by atoms with Crippen molar-refractivity contribution in [1.29, 1.82) is 0 Å². The second-order valence-electron chi connectivity index (χ2n) is 0.756. The topological polar surface area (TPSA) is 277 Å². The summed E-state index contributed by atoms with van der Waals surface area (Å²) in [5, 5.41) is 0. The summed E-state index contributed by atoms with van der Waals surface area (Å²) in [4.78, 5) is 0. The first-order chi connectivity index (χ1) is 6.93. The van der Waals surface area contributed by atoms with Gasteiger partial charge in [0.1, 0.15) is 0 Å². The van der Waals surface area contributed by atoms with Crippen LogP contribution in [0.2, 0.25) is 0 Å². The number of rotatable bonds is 0. The third-order valence-electron chi connectivity index (χ3n) is 0. The van der Waals surface area contributed by atoms with E-state index in [1.807, 2.05) is 0 Å². The van der Waals surface area contributed by atoms with Gasteiger partial charge in [-0.1, -0.05) is 0 Å². The van der Waals surface area contributed by atoms with Crippen LogP contribution in [0.3, 0.4) is 0 Å². The summed E-state index contributed by atoms with van der Waals surface area (Å²) in [7, 11) is -11.4. The molecule has 12 nitrogen and oxygen atoms in total. The van der Waals surface area contributed by atoms with Crippen molar-refractivity contribution in [3.05, 3.63) is 0 Å². The van der Waals surface area contributed by atoms with Crippen molar-refractivity contribution in [1.82, 2.24) is 0 Å². The van der Waals surface area contributed by atoms with Crippen LogP contribution in [-0.2, 0) is 39.0 Å². The van der Waals surface area contributed by atoms with Crippen LogP contribution in [0.25, 0.3) is 0 Å². The zero-order chi connectivity index (χ0) is 14.3. The van der Waals surface area contributed by atoms with Gasteiger partial charge < -0.3 is 55.9 Å². The van der Waals surface area contributed by atoms with Crippen molar-refractivity contribution in [2.45, 2.75) is 0 Å². The van der Waals surface area contributed by atoms with Crippen molar-refractivity contribution in [2.75, 3.05) is 0 Å². The third-order valence-corrected chi connectivity index (χ3v) is 0. The maximum absolute atomic E-state index is 8.41. The molecule has 0 aromatic heterocycles. The Morgan fingerprint density at radius 2 is 0.278 bits per heavy atom. The molecule has 0 radical (unpaired) electrons. The van der Waals surface area contributed by atoms with E-state index >= 15 is 0 Å². The molecule has 0 aliphatic carbocycles. The molecule has 0 spiro atoms. The summed E-state index contributed by atoms with van der Waals surface area (Å²) in [5.41, 5.74) is 0. The Kier molecular flexibility index (Phi) is 64.1. The van der Waals surface area contributed by atoms with E-state index in [1.54, 1.807) is 0 Å². The molecular formula is Cl4O12Zn2. The number of hydrogen-bond acceptors (Lipinski definition) is 12. The van der Waals surface area contributed by atoms with E-state index in [-0.39, 0.29) is 39.0 Å². The van der Waals surface area contributed by atoms with Gasteiger partial charge in [0, 0.05) is 0 Å². The summed E-state index contributed by atoms with van der Waals surface area (Å²) < 4.78 is 101. The molecule has 0 N–H and O–H groups in total. The fraction of sp³-hybridized carbons (Fsp3) is 0. The Balaban J connectivity index is -0.0000000257. The first kappa shape index (κ1) is 36.8. The largest absolute Gasteiger partial charge is 2.00 e. The summed E-state index contributed by atoms with van der Waals surface area (Å²) in [5.74, 6) is 0. The van der Waals surface area contributed by atoms with E-state index in [4.69, 9.17) is 55.9 Å². The quantitative estimate of drug-likeness (QED) is 0.302. The summed E-state index contributed by atoms with van der Waals surface area (Å²) in [6, 6.07) is 0. The molecule has 0 aromatic carbocycles. The van der Waals surface area contributed by atoms with Crippen molar-refractivity contribution >= 4 is 0 Å². The van der Waals surface area contributed by atoms with Crippen LogP contribution in [-0.4, -0.2) is 0 Å². The predicted octanol–water partition coefficient (Wildman–Crippen LogP) is -14.3. The van der Waals surface area contributed by atoms with Gasteiger partial charge in [0.15, 0.2) is 0 Å². The van der Waals surface area contributed by atoms with Gasteiger partial charge in [-0.15, -0.1) is 0 Å². The van der Waals surface area contributed by atoms with Gasteiger partial charge in [0.2, 0.25) is 0 Å². The molecular weight excluding hydrogens is 465 g/mol. The summed E-state index contributed by atoms with van der Waals surface area (Å²) in [6.45, 7) is 0. The van der Waals surface area contributed by atoms with Gasteiger partial charge >= 0.3 is 39.0 Å². The van der Waals surface area contributed by atoms with Gasteiger partial charge in [-0.2, -0.15) is 0 Å². The molecule has 0 fully saturated rings. The molecule has 0 amide bonds. The molecule has 0 unspecified atom stereocenters. The zero-order valence-electron chi connectivity index (χ0n) is 7.83. The molecule has 0 saturated heterocycles. The van der Waals surface area contributed by atoms with E-state index in [1.165, 1.54) is 0 Å². The summed E-state index contributed by atoms with van der Waals surface area (Å²) >= 11 is 0. The molecule has 0 heterocycles. The molecule has 0 bridgehead atoms. The number of hydrogen-bond donors (Lipinski definition) is 0. The number of halogens is 4. The van der Waals surface area contributed by atoms with Crippen LogP contribution >= 0.6 is 0 Å². The Morgan fingerprint density at radius 3 is 0.278 bits per heavy atom. The molecule has 18 heteroatoms. The van der Waals surface area contributed by atoms with Crippen molar-refractivity contribution in [3.63, 3.8) is 0 Å². The Labute approximate surface area is 137 Å². The minimum absolute atomic E-state index is 0. The first-order valence-electron chi connectivity index (χ1n) is 1.85. The fourth-order valence-corrected chi connectivity index (χ4v) is 0. The standard InChI is InChI=1S/4ClO3.2Zn/c4*2-1(3)4;;/q4*-1;2*+2. The van der Waals surface area contributed by atoms with Gasteiger partial charge in [-0.25, -0.2) is 0 Å². The molecule has 104 valence electrons. The smallest absolute Gasteiger partial charge is 0.357 e. The SMILES string of the molecule is [O-][Cl+2]([O-])[O-].[O-][Cl+2]([O-])[O-].[O-][Cl+2]([O-])[O-].[O-][Cl+2]([O-])[O-].[Zn+2].[Zn+2]. The van der Waals surface area contributed by atoms with Crippen LogP contribution in [0.15, 0.2) is 0 Å². The molecule has 0 atom stereocenters.